The summed E-state index contributed by atoms with van der Waals surface area (Å²) in [6.45, 7) is 10.2. The van der Waals surface area contributed by atoms with Crippen LogP contribution in [0.1, 0.15) is 53.0 Å². The number of rotatable bonds is 7. The lowest BCUT2D eigenvalue weighted by atomic mass is 9.66. The van der Waals surface area contributed by atoms with Crippen molar-refractivity contribution in [1.82, 2.24) is 0 Å². The lowest BCUT2D eigenvalue weighted by Gasteiger charge is -2.32. The predicted molar refractivity (Wildman–Crippen MR) is 101 cm³/mol. The fourth-order valence-corrected chi connectivity index (χ4v) is 3.40. The lowest BCUT2D eigenvalue weighted by Crippen LogP contribution is -2.41. The maximum absolute atomic E-state index is 11.6. The molecular weight excluding hydrogens is 321 g/mol. The zero-order valence-electron chi connectivity index (χ0n) is 15.5. The largest absolute Gasteiger partial charge is 0.461 e. The minimum atomic E-state index is -1.33. The molecule has 1 aliphatic heterocycles. The second kappa shape index (κ2) is 7.69. The Morgan fingerprint density at radius 2 is 1.67 bits per heavy atom. The molecule has 24 heavy (non-hydrogen) atoms. The molecule has 0 aliphatic carbocycles. The van der Waals surface area contributed by atoms with Crippen molar-refractivity contribution in [3.63, 3.8) is 0 Å². The Kier molecular flexibility index (Phi) is 6.29. The van der Waals surface area contributed by atoms with Gasteiger partial charge >= 0.3 is 7.12 Å². The zero-order valence-corrected chi connectivity index (χ0v) is 16.3. The van der Waals surface area contributed by atoms with Crippen molar-refractivity contribution in [3.05, 3.63) is 35.9 Å². The number of nitrogens with two attached hydrogens (primary N) is 1. The average Bonchev–Trinajstić information content (AvgIpc) is 2.72. The standard InChI is InChI=1S/C18H30BNO3S/c1-14(24(20)21)13-16(12-11-15-9-7-6-8-10-15)19-22-17(2,3)18(4,5)23-19/h6-10,14,16H,11-13,20H2,1-5H3/t14?,16-,24?/m0/s1. The molecule has 0 aromatic heterocycles. The fraction of sp³-hybridized carbons (Fsp3) is 0.667. The van der Waals surface area contributed by atoms with Crippen LogP contribution in [0.5, 0.6) is 0 Å². The van der Waals surface area contributed by atoms with Gasteiger partial charge in [0, 0.05) is 5.25 Å². The van der Waals surface area contributed by atoms with Crippen molar-refractivity contribution in [2.24, 2.45) is 5.14 Å². The number of benzene rings is 1. The van der Waals surface area contributed by atoms with E-state index >= 15 is 0 Å². The van der Waals surface area contributed by atoms with Crippen LogP contribution in [0, 0.1) is 0 Å². The molecular formula is C18H30BNO3S. The summed E-state index contributed by atoms with van der Waals surface area (Å²) < 4.78 is 24.1. The molecule has 3 atom stereocenters. The Morgan fingerprint density at radius 1 is 1.12 bits per heavy atom. The van der Waals surface area contributed by atoms with Gasteiger partial charge in [-0.15, -0.1) is 0 Å². The van der Waals surface area contributed by atoms with Crippen molar-refractivity contribution in [1.29, 1.82) is 0 Å². The summed E-state index contributed by atoms with van der Waals surface area (Å²) in [5.41, 5.74) is 0.585. The molecule has 0 spiro atoms. The van der Waals surface area contributed by atoms with Gasteiger partial charge in [-0.2, -0.15) is 0 Å². The first-order chi connectivity index (χ1) is 11.1. The Labute approximate surface area is 149 Å². The molecule has 1 saturated heterocycles. The second-order valence-electron chi connectivity index (χ2n) is 7.78. The lowest BCUT2D eigenvalue weighted by molar-refractivity contribution is 0.00578. The summed E-state index contributed by atoms with van der Waals surface area (Å²) in [6, 6.07) is 10.4. The molecule has 1 aliphatic rings. The molecule has 6 heteroatoms. The van der Waals surface area contributed by atoms with E-state index < -0.39 is 11.0 Å². The van der Waals surface area contributed by atoms with Gasteiger partial charge in [0.2, 0.25) is 0 Å². The van der Waals surface area contributed by atoms with Crippen LogP contribution < -0.4 is 5.14 Å². The molecule has 2 rings (SSSR count). The predicted octanol–water partition coefficient (Wildman–Crippen LogP) is 3.48. The van der Waals surface area contributed by atoms with Crippen LogP contribution >= 0.6 is 0 Å². The van der Waals surface area contributed by atoms with E-state index in [2.05, 4.69) is 52.0 Å². The first kappa shape index (κ1) is 19.6. The van der Waals surface area contributed by atoms with Gasteiger partial charge in [0.05, 0.1) is 22.2 Å². The van der Waals surface area contributed by atoms with Crippen molar-refractivity contribution >= 4 is 18.1 Å². The highest BCUT2D eigenvalue weighted by Crippen LogP contribution is 2.42. The topological polar surface area (TPSA) is 61.6 Å². The third-order valence-corrected chi connectivity index (χ3v) is 6.32. The maximum atomic E-state index is 11.6. The van der Waals surface area contributed by atoms with E-state index in [1.54, 1.807) is 0 Å². The summed E-state index contributed by atoms with van der Waals surface area (Å²) in [7, 11) is -1.62. The van der Waals surface area contributed by atoms with Crippen LogP contribution in [0.15, 0.2) is 30.3 Å². The minimum Gasteiger partial charge on any atom is -0.403 e. The smallest absolute Gasteiger partial charge is 0.403 e. The van der Waals surface area contributed by atoms with E-state index in [0.29, 0.717) is 0 Å². The molecule has 0 amide bonds. The normalized spacial score (nSPS) is 23.0. The molecule has 2 N–H and O–H groups in total. The first-order valence-corrected chi connectivity index (χ1v) is 9.94. The number of hydrogen-bond donors (Lipinski definition) is 1. The molecule has 2 unspecified atom stereocenters. The number of aryl methyl sites for hydroxylation is 1. The van der Waals surface area contributed by atoms with Crippen LogP contribution in [0.4, 0.5) is 0 Å². The molecule has 1 fully saturated rings. The Bertz CT molecular complexity index is 549. The highest BCUT2D eigenvalue weighted by Gasteiger charge is 2.53. The van der Waals surface area contributed by atoms with Crippen LogP contribution in [-0.2, 0) is 26.7 Å². The van der Waals surface area contributed by atoms with E-state index in [0.717, 1.165) is 19.3 Å². The van der Waals surface area contributed by atoms with Crippen LogP contribution in [0.3, 0.4) is 0 Å². The van der Waals surface area contributed by atoms with E-state index in [4.69, 9.17) is 14.4 Å². The SMILES string of the molecule is CC(C[C@H](CCc1ccccc1)B1OC(C)(C)C(C)(C)O1)S(N)=O. The highest BCUT2D eigenvalue weighted by molar-refractivity contribution is 7.83. The van der Waals surface area contributed by atoms with Gasteiger partial charge in [0.1, 0.15) is 0 Å². The van der Waals surface area contributed by atoms with E-state index in [1.165, 1.54) is 5.56 Å². The molecule has 0 saturated carbocycles. The van der Waals surface area contributed by atoms with Crippen molar-refractivity contribution in [2.45, 2.75) is 76.2 Å². The third-order valence-electron chi connectivity index (χ3n) is 5.33. The van der Waals surface area contributed by atoms with E-state index in [9.17, 15) is 4.21 Å². The first-order valence-electron chi connectivity index (χ1n) is 8.67. The summed E-state index contributed by atoms with van der Waals surface area (Å²) in [5, 5.41) is 5.51. The molecule has 1 heterocycles. The van der Waals surface area contributed by atoms with Gasteiger partial charge in [-0.25, -0.2) is 4.21 Å². The molecule has 0 bridgehead atoms. The van der Waals surface area contributed by atoms with Gasteiger partial charge in [-0.3, -0.25) is 5.14 Å². The summed E-state index contributed by atoms with van der Waals surface area (Å²) in [4.78, 5) is 0. The minimum absolute atomic E-state index is 0.0789. The van der Waals surface area contributed by atoms with E-state index in [1.807, 2.05) is 13.0 Å². The molecule has 134 valence electrons. The van der Waals surface area contributed by atoms with Gasteiger partial charge in [-0.05, 0) is 65.3 Å². The molecule has 0 radical (unpaired) electrons. The summed E-state index contributed by atoms with van der Waals surface area (Å²) >= 11 is 0. The van der Waals surface area contributed by atoms with Gasteiger partial charge in [-0.1, -0.05) is 30.3 Å². The van der Waals surface area contributed by atoms with Crippen LogP contribution in [-0.4, -0.2) is 27.8 Å². The van der Waals surface area contributed by atoms with Crippen molar-refractivity contribution in [2.75, 3.05) is 0 Å². The van der Waals surface area contributed by atoms with Crippen molar-refractivity contribution < 1.29 is 13.5 Å². The second-order valence-corrected chi connectivity index (χ2v) is 9.25. The zero-order chi connectivity index (χ0) is 18.0. The molecule has 1 aromatic rings. The number of hydrogen-bond acceptors (Lipinski definition) is 3. The average molecular weight is 351 g/mol. The van der Waals surface area contributed by atoms with Crippen LogP contribution in [0.2, 0.25) is 5.82 Å². The molecule has 4 nitrogen and oxygen atoms in total. The van der Waals surface area contributed by atoms with Crippen LogP contribution in [0.25, 0.3) is 0 Å². The van der Waals surface area contributed by atoms with Crippen molar-refractivity contribution in [3.8, 4) is 0 Å². The summed E-state index contributed by atoms with van der Waals surface area (Å²) in [5.74, 6) is 0.161. The Balaban J connectivity index is 2.10. The highest BCUT2D eigenvalue weighted by atomic mass is 32.2. The monoisotopic (exact) mass is 351 g/mol. The van der Waals surface area contributed by atoms with E-state index in [-0.39, 0.29) is 29.4 Å². The summed E-state index contributed by atoms with van der Waals surface area (Å²) in [6.07, 6.45) is 2.59. The van der Waals surface area contributed by atoms with Gasteiger partial charge in [0.25, 0.3) is 0 Å². The Morgan fingerprint density at radius 3 is 2.17 bits per heavy atom. The third kappa shape index (κ3) is 4.69. The Hall–Kier alpha value is -0.685. The van der Waals surface area contributed by atoms with Gasteiger partial charge < -0.3 is 9.31 Å². The van der Waals surface area contributed by atoms with Gasteiger partial charge in [0.15, 0.2) is 0 Å². The maximum Gasteiger partial charge on any atom is 0.461 e. The molecule has 1 aromatic carbocycles. The fourth-order valence-electron chi connectivity index (χ4n) is 2.96. The quantitative estimate of drug-likeness (QED) is 0.765.